The highest BCUT2D eigenvalue weighted by Crippen LogP contribution is 2.30. The Morgan fingerprint density at radius 1 is 1.47 bits per heavy atom. The van der Waals surface area contributed by atoms with Crippen LogP contribution in [0.25, 0.3) is 11.1 Å². The van der Waals surface area contributed by atoms with Crippen molar-refractivity contribution >= 4 is 17.1 Å². The maximum atomic E-state index is 10.9. The van der Waals surface area contributed by atoms with E-state index in [9.17, 15) is 4.79 Å². The standard InChI is InChI=1S/C12H13NO4/c1-6(2)11-13-8-4-7(12(14)15)5-9(16-3)10(8)17-11/h4-6H,1-3H3,(H,14,15). The molecule has 0 aliphatic rings. The number of rotatable bonds is 3. The molecule has 1 N–H and O–H groups in total. The number of benzene rings is 1. The number of carboxylic acids is 1. The van der Waals surface area contributed by atoms with Crippen LogP contribution in [0.15, 0.2) is 16.5 Å². The van der Waals surface area contributed by atoms with Gasteiger partial charge in [-0.3, -0.25) is 0 Å². The van der Waals surface area contributed by atoms with Gasteiger partial charge in [-0.15, -0.1) is 0 Å². The van der Waals surface area contributed by atoms with Gasteiger partial charge in [-0.2, -0.15) is 0 Å². The molecule has 2 rings (SSSR count). The van der Waals surface area contributed by atoms with Crippen LogP contribution in [0, 0.1) is 0 Å². The fourth-order valence-corrected chi connectivity index (χ4v) is 1.54. The molecule has 5 nitrogen and oxygen atoms in total. The number of aromatic nitrogens is 1. The molecule has 17 heavy (non-hydrogen) atoms. The summed E-state index contributed by atoms with van der Waals surface area (Å²) in [6.07, 6.45) is 0. The first kappa shape index (κ1) is 11.4. The Bertz CT molecular complexity index is 571. The minimum atomic E-state index is -1.01. The highest BCUT2D eigenvalue weighted by molar-refractivity contribution is 5.94. The van der Waals surface area contributed by atoms with E-state index in [1.165, 1.54) is 19.2 Å². The maximum absolute atomic E-state index is 10.9. The Morgan fingerprint density at radius 3 is 2.71 bits per heavy atom. The average molecular weight is 235 g/mol. The molecule has 0 unspecified atom stereocenters. The first-order valence-electron chi connectivity index (χ1n) is 5.24. The first-order chi connectivity index (χ1) is 8.02. The third kappa shape index (κ3) is 1.95. The molecular formula is C12H13NO4. The minimum Gasteiger partial charge on any atom is -0.493 e. The molecule has 0 spiro atoms. The van der Waals surface area contributed by atoms with Gasteiger partial charge in [0.1, 0.15) is 5.52 Å². The molecule has 0 saturated heterocycles. The fraction of sp³-hybridized carbons (Fsp3) is 0.333. The van der Waals surface area contributed by atoms with Gasteiger partial charge in [0.15, 0.2) is 17.2 Å². The number of oxazole rings is 1. The molecule has 0 bridgehead atoms. The molecule has 0 atom stereocenters. The van der Waals surface area contributed by atoms with Crippen molar-refractivity contribution in [2.45, 2.75) is 19.8 Å². The van der Waals surface area contributed by atoms with Crippen LogP contribution in [0.3, 0.4) is 0 Å². The monoisotopic (exact) mass is 235 g/mol. The lowest BCUT2D eigenvalue weighted by Crippen LogP contribution is -1.97. The Morgan fingerprint density at radius 2 is 2.18 bits per heavy atom. The van der Waals surface area contributed by atoms with Crippen LogP contribution in [0.4, 0.5) is 0 Å². The molecule has 90 valence electrons. The van der Waals surface area contributed by atoms with Crippen LogP contribution in [-0.2, 0) is 0 Å². The second-order valence-corrected chi connectivity index (χ2v) is 4.04. The number of methoxy groups -OCH3 is 1. The van der Waals surface area contributed by atoms with E-state index in [1.54, 1.807) is 0 Å². The summed E-state index contributed by atoms with van der Waals surface area (Å²) < 4.78 is 10.7. The van der Waals surface area contributed by atoms with Gasteiger partial charge in [-0.1, -0.05) is 13.8 Å². The average Bonchev–Trinajstić information content (AvgIpc) is 2.71. The molecule has 0 fully saturated rings. The van der Waals surface area contributed by atoms with E-state index < -0.39 is 5.97 Å². The number of nitrogens with zero attached hydrogens (tertiary/aromatic N) is 1. The molecular weight excluding hydrogens is 222 g/mol. The molecule has 1 heterocycles. The largest absolute Gasteiger partial charge is 0.493 e. The van der Waals surface area contributed by atoms with E-state index in [4.69, 9.17) is 14.3 Å². The Labute approximate surface area is 98.0 Å². The third-order valence-corrected chi connectivity index (χ3v) is 2.43. The van der Waals surface area contributed by atoms with E-state index in [-0.39, 0.29) is 11.5 Å². The van der Waals surface area contributed by atoms with Gasteiger partial charge >= 0.3 is 5.97 Å². The zero-order chi connectivity index (χ0) is 12.6. The smallest absolute Gasteiger partial charge is 0.335 e. The number of hydrogen-bond acceptors (Lipinski definition) is 4. The van der Waals surface area contributed by atoms with Gasteiger partial charge in [0.25, 0.3) is 0 Å². The van der Waals surface area contributed by atoms with Crippen LogP contribution in [0.2, 0.25) is 0 Å². The summed E-state index contributed by atoms with van der Waals surface area (Å²) in [4.78, 5) is 15.2. The van der Waals surface area contributed by atoms with Gasteiger partial charge in [0.05, 0.1) is 12.7 Å². The molecule has 1 aromatic carbocycles. The van der Waals surface area contributed by atoms with Crippen molar-refractivity contribution in [3.63, 3.8) is 0 Å². The van der Waals surface area contributed by atoms with E-state index in [0.717, 1.165) is 0 Å². The Kier molecular flexibility index (Phi) is 2.75. The van der Waals surface area contributed by atoms with Crippen LogP contribution >= 0.6 is 0 Å². The van der Waals surface area contributed by atoms with Crippen molar-refractivity contribution in [3.8, 4) is 5.75 Å². The second-order valence-electron chi connectivity index (χ2n) is 4.04. The molecule has 2 aromatic rings. The lowest BCUT2D eigenvalue weighted by atomic mass is 10.2. The first-order valence-corrected chi connectivity index (χ1v) is 5.24. The van der Waals surface area contributed by atoms with Crippen molar-refractivity contribution in [1.29, 1.82) is 0 Å². The zero-order valence-corrected chi connectivity index (χ0v) is 9.85. The van der Waals surface area contributed by atoms with Crippen molar-refractivity contribution in [2.75, 3.05) is 7.11 Å². The molecule has 5 heteroatoms. The van der Waals surface area contributed by atoms with Crippen molar-refractivity contribution in [1.82, 2.24) is 4.98 Å². The van der Waals surface area contributed by atoms with Gasteiger partial charge in [0.2, 0.25) is 0 Å². The van der Waals surface area contributed by atoms with E-state index in [1.807, 2.05) is 13.8 Å². The highest BCUT2D eigenvalue weighted by Gasteiger charge is 2.16. The Hall–Kier alpha value is -2.04. The number of aromatic carboxylic acids is 1. The summed E-state index contributed by atoms with van der Waals surface area (Å²) in [6.45, 7) is 3.91. The number of carboxylic acid groups (broad SMARTS) is 1. The highest BCUT2D eigenvalue weighted by atomic mass is 16.5. The maximum Gasteiger partial charge on any atom is 0.335 e. The summed E-state index contributed by atoms with van der Waals surface area (Å²) in [5, 5.41) is 8.97. The Balaban J connectivity index is 2.69. The topological polar surface area (TPSA) is 72.6 Å². The molecule has 1 aromatic heterocycles. The predicted octanol–water partition coefficient (Wildman–Crippen LogP) is 2.66. The van der Waals surface area contributed by atoms with Crippen LogP contribution in [-0.4, -0.2) is 23.2 Å². The predicted molar refractivity (Wildman–Crippen MR) is 61.6 cm³/mol. The van der Waals surface area contributed by atoms with Crippen molar-refractivity contribution < 1.29 is 19.1 Å². The van der Waals surface area contributed by atoms with E-state index >= 15 is 0 Å². The van der Waals surface area contributed by atoms with Crippen LogP contribution < -0.4 is 4.74 Å². The molecule has 0 amide bonds. The molecule has 0 radical (unpaired) electrons. The fourth-order valence-electron chi connectivity index (χ4n) is 1.54. The second kappa shape index (κ2) is 4.08. The summed E-state index contributed by atoms with van der Waals surface area (Å²) in [5.41, 5.74) is 1.13. The van der Waals surface area contributed by atoms with Crippen molar-refractivity contribution in [3.05, 3.63) is 23.6 Å². The minimum absolute atomic E-state index is 0.137. The number of ether oxygens (including phenoxy) is 1. The van der Waals surface area contributed by atoms with Gasteiger partial charge in [-0.25, -0.2) is 9.78 Å². The lowest BCUT2D eigenvalue weighted by molar-refractivity contribution is 0.0696. The quantitative estimate of drug-likeness (QED) is 0.885. The molecule has 0 aliphatic carbocycles. The van der Waals surface area contributed by atoms with Crippen LogP contribution in [0.1, 0.15) is 36.0 Å². The van der Waals surface area contributed by atoms with Crippen molar-refractivity contribution in [2.24, 2.45) is 0 Å². The lowest BCUT2D eigenvalue weighted by Gasteiger charge is -2.01. The van der Waals surface area contributed by atoms with E-state index in [2.05, 4.69) is 4.98 Å². The summed E-state index contributed by atoms with van der Waals surface area (Å²) in [5.74, 6) is 0.0832. The van der Waals surface area contributed by atoms with Crippen LogP contribution in [0.5, 0.6) is 5.75 Å². The number of fused-ring (bicyclic) bond motifs is 1. The molecule has 0 aliphatic heterocycles. The number of hydrogen-bond donors (Lipinski definition) is 1. The zero-order valence-electron chi connectivity index (χ0n) is 9.85. The summed E-state index contributed by atoms with van der Waals surface area (Å²) in [7, 11) is 1.47. The third-order valence-electron chi connectivity index (χ3n) is 2.43. The summed E-state index contributed by atoms with van der Waals surface area (Å²) >= 11 is 0. The SMILES string of the molecule is COc1cc(C(=O)O)cc2nc(C(C)C)oc12. The number of carbonyl (C=O) groups is 1. The summed E-state index contributed by atoms with van der Waals surface area (Å²) in [6, 6.07) is 2.91. The normalized spacial score (nSPS) is 11.1. The van der Waals surface area contributed by atoms with Gasteiger partial charge in [-0.05, 0) is 12.1 Å². The van der Waals surface area contributed by atoms with Gasteiger partial charge in [0, 0.05) is 5.92 Å². The van der Waals surface area contributed by atoms with Gasteiger partial charge < -0.3 is 14.3 Å². The molecule has 0 saturated carbocycles. The van der Waals surface area contributed by atoms with E-state index in [0.29, 0.717) is 22.7 Å².